The van der Waals surface area contributed by atoms with Gasteiger partial charge in [0.1, 0.15) is 11.5 Å². The quantitative estimate of drug-likeness (QED) is 0.481. The predicted molar refractivity (Wildman–Crippen MR) is 100 cm³/mol. The summed E-state index contributed by atoms with van der Waals surface area (Å²) in [6.07, 6.45) is 0. The van der Waals surface area contributed by atoms with Crippen molar-refractivity contribution in [1.29, 1.82) is 0 Å². The standard InChI is InChI=1S/C12H18O2.C8H6.H2O2.H2/c1-12(2,3)10-8-9(13-4)6-7-11(10)14-5;1-3-5-7-8-6-4-2;1-2;/h6-8H,1-5H3;1-2H3;1-2H;1H. The Morgan fingerprint density at radius 1 is 0.875 bits per heavy atom. The Morgan fingerprint density at radius 2 is 1.38 bits per heavy atom. The predicted octanol–water partition coefficient (Wildman–Crippen LogP) is 4.30. The van der Waals surface area contributed by atoms with Gasteiger partial charge in [-0.05, 0) is 61.1 Å². The maximum atomic E-state index is 6.00. The van der Waals surface area contributed by atoms with Crippen molar-refractivity contribution in [2.24, 2.45) is 0 Å². The molecule has 132 valence electrons. The molecule has 0 saturated heterocycles. The molecule has 0 unspecified atom stereocenters. The van der Waals surface area contributed by atoms with Crippen LogP contribution in [0.4, 0.5) is 0 Å². The molecule has 0 radical (unpaired) electrons. The second-order valence-corrected chi connectivity index (χ2v) is 5.32. The van der Waals surface area contributed by atoms with E-state index in [4.69, 9.17) is 20.0 Å². The van der Waals surface area contributed by atoms with Gasteiger partial charge in [0.2, 0.25) is 0 Å². The molecule has 0 fully saturated rings. The van der Waals surface area contributed by atoms with Gasteiger partial charge in [-0.25, -0.2) is 0 Å². The van der Waals surface area contributed by atoms with Gasteiger partial charge in [-0.2, -0.15) is 0 Å². The fourth-order valence-corrected chi connectivity index (χ4v) is 1.59. The van der Waals surface area contributed by atoms with Gasteiger partial charge in [-0.3, -0.25) is 10.5 Å². The van der Waals surface area contributed by atoms with Crippen molar-refractivity contribution in [1.82, 2.24) is 0 Å². The molecule has 24 heavy (non-hydrogen) atoms. The molecular weight excluding hydrogens is 304 g/mol. The molecule has 0 bridgehead atoms. The van der Waals surface area contributed by atoms with E-state index >= 15 is 0 Å². The Kier molecular flexibility index (Phi) is 13.9. The highest BCUT2D eigenvalue weighted by Crippen LogP contribution is 2.33. The van der Waals surface area contributed by atoms with Crippen molar-refractivity contribution in [3.8, 4) is 47.0 Å². The highest BCUT2D eigenvalue weighted by Gasteiger charge is 2.19. The van der Waals surface area contributed by atoms with Crippen LogP contribution in [0.2, 0.25) is 0 Å². The maximum Gasteiger partial charge on any atom is 0.122 e. The van der Waals surface area contributed by atoms with E-state index in [2.05, 4.69) is 56.3 Å². The molecule has 0 amide bonds. The molecule has 0 aliphatic heterocycles. The van der Waals surface area contributed by atoms with Crippen molar-refractivity contribution in [2.75, 3.05) is 14.2 Å². The molecule has 0 saturated carbocycles. The summed E-state index contributed by atoms with van der Waals surface area (Å²) >= 11 is 0. The van der Waals surface area contributed by atoms with Gasteiger partial charge >= 0.3 is 0 Å². The van der Waals surface area contributed by atoms with E-state index in [1.165, 1.54) is 5.56 Å². The van der Waals surface area contributed by atoms with Gasteiger partial charge in [0, 0.05) is 6.99 Å². The van der Waals surface area contributed by atoms with Crippen LogP contribution in [0.1, 0.15) is 41.6 Å². The van der Waals surface area contributed by atoms with E-state index in [-0.39, 0.29) is 6.84 Å². The number of hydrogen-bond donors (Lipinski definition) is 2. The molecule has 4 nitrogen and oxygen atoms in total. The first-order valence-corrected chi connectivity index (χ1v) is 7.16. The van der Waals surface area contributed by atoms with Crippen LogP contribution in [0.15, 0.2) is 18.2 Å². The van der Waals surface area contributed by atoms with Gasteiger partial charge < -0.3 is 9.47 Å². The minimum absolute atomic E-state index is 0. The van der Waals surface area contributed by atoms with Crippen molar-refractivity contribution >= 4 is 0 Å². The lowest BCUT2D eigenvalue weighted by molar-refractivity contribution is -0.176. The van der Waals surface area contributed by atoms with Gasteiger partial charge in [0.05, 0.1) is 14.2 Å². The number of hydrogen-bond acceptors (Lipinski definition) is 4. The molecule has 1 aromatic carbocycles. The van der Waals surface area contributed by atoms with Crippen molar-refractivity contribution < 1.29 is 21.4 Å². The number of methoxy groups -OCH3 is 2. The Morgan fingerprint density at radius 3 is 1.71 bits per heavy atom. The monoisotopic (exact) mass is 332 g/mol. The van der Waals surface area contributed by atoms with Gasteiger partial charge in [0.15, 0.2) is 0 Å². The molecule has 0 heterocycles. The number of rotatable bonds is 2. The molecule has 2 N–H and O–H groups in total. The molecule has 0 aliphatic carbocycles. The molecule has 0 aliphatic rings. The average Bonchev–Trinajstić information content (AvgIpc) is 2.59. The summed E-state index contributed by atoms with van der Waals surface area (Å²) in [7, 11) is 3.37. The van der Waals surface area contributed by atoms with Crippen LogP contribution >= 0.6 is 0 Å². The zero-order valence-electron chi connectivity index (χ0n) is 15.4. The second kappa shape index (κ2) is 14.0. The Hall–Kier alpha value is -2.58. The minimum Gasteiger partial charge on any atom is -0.497 e. The Labute approximate surface area is 147 Å². The zero-order valence-corrected chi connectivity index (χ0v) is 15.4. The number of benzene rings is 1. The fourth-order valence-electron chi connectivity index (χ4n) is 1.59. The summed E-state index contributed by atoms with van der Waals surface area (Å²) < 4.78 is 10.5. The molecule has 1 aromatic rings. The first-order chi connectivity index (χ1) is 11.4. The van der Waals surface area contributed by atoms with Crippen LogP contribution in [0.3, 0.4) is 0 Å². The van der Waals surface area contributed by atoms with E-state index in [0.717, 1.165) is 11.5 Å². The van der Waals surface area contributed by atoms with E-state index in [1.54, 1.807) is 28.1 Å². The third-order valence-electron chi connectivity index (χ3n) is 2.65. The van der Waals surface area contributed by atoms with Crippen LogP contribution in [0.5, 0.6) is 11.5 Å². The first kappa shape index (κ1) is 23.7. The van der Waals surface area contributed by atoms with Crippen molar-refractivity contribution in [3.63, 3.8) is 0 Å². The van der Waals surface area contributed by atoms with Crippen LogP contribution in [-0.4, -0.2) is 24.7 Å². The zero-order chi connectivity index (χ0) is 19.0. The third-order valence-corrected chi connectivity index (χ3v) is 2.65. The molecular formula is C20H28O4. The van der Waals surface area contributed by atoms with Crippen molar-refractivity contribution in [2.45, 2.75) is 40.0 Å². The Bertz CT molecular complexity index is 633. The van der Waals surface area contributed by atoms with Gasteiger partial charge in [-0.15, -0.1) is 0 Å². The lowest BCUT2D eigenvalue weighted by Crippen LogP contribution is -2.12. The van der Waals surface area contributed by atoms with E-state index < -0.39 is 0 Å². The molecule has 0 atom stereocenters. The van der Waals surface area contributed by atoms with Crippen LogP contribution in [-0.2, 0) is 5.41 Å². The normalized spacial score (nSPS) is 8.04. The summed E-state index contributed by atoms with van der Waals surface area (Å²) in [5.41, 5.74) is 1.24. The van der Waals surface area contributed by atoms with E-state index in [0.29, 0.717) is 0 Å². The third kappa shape index (κ3) is 10.2. The minimum atomic E-state index is 0. The Balaban J connectivity index is -0.000000380. The lowest BCUT2D eigenvalue weighted by atomic mass is 9.86. The second-order valence-electron chi connectivity index (χ2n) is 5.32. The lowest BCUT2D eigenvalue weighted by Gasteiger charge is -2.22. The smallest absolute Gasteiger partial charge is 0.122 e. The van der Waals surface area contributed by atoms with Gasteiger partial charge in [0.25, 0.3) is 0 Å². The summed E-state index contributed by atoms with van der Waals surface area (Å²) in [6, 6.07) is 5.88. The average molecular weight is 332 g/mol. The molecule has 0 spiro atoms. The van der Waals surface area contributed by atoms with E-state index in [9.17, 15) is 0 Å². The van der Waals surface area contributed by atoms with Crippen LogP contribution < -0.4 is 9.47 Å². The largest absolute Gasteiger partial charge is 0.497 e. The molecule has 4 heteroatoms. The van der Waals surface area contributed by atoms with Crippen LogP contribution in [0, 0.1) is 35.5 Å². The first-order valence-electron chi connectivity index (χ1n) is 7.16. The van der Waals surface area contributed by atoms with E-state index in [1.807, 2.05) is 18.2 Å². The SMILES string of the molecule is CC#CC#CC#CC.COc1ccc(OC)c(C(C)(C)C)c1.OO.[HH]. The molecule has 0 aromatic heterocycles. The van der Waals surface area contributed by atoms with Gasteiger partial charge in [-0.1, -0.05) is 32.6 Å². The number of ether oxygens (including phenoxy) is 2. The molecule has 1 rings (SSSR count). The highest BCUT2D eigenvalue weighted by atomic mass is 17.0. The topological polar surface area (TPSA) is 58.9 Å². The van der Waals surface area contributed by atoms with Crippen molar-refractivity contribution in [3.05, 3.63) is 23.8 Å². The summed E-state index contributed by atoms with van der Waals surface area (Å²) in [6.45, 7) is 9.96. The summed E-state index contributed by atoms with van der Waals surface area (Å²) in [5, 5.41) is 12.0. The van der Waals surface area contributed by atoms with Crippen LogP contribution in [0.25, 0.3) is 0 Å². The highest BCUT2D eigenvalue weighted by molar-refractivity contribution is 5.44. The summed E-state index contributed by atoms with van der Waals surface area (Å²) in [5.74, 6) is 17.3. The maximum absolute atomic E-state index is 6.00. The summed E-state index contributed by atoms with van der Waals surface area (Å²) in [4.78, 5) is 0. The fraction of sp³-hybridized carbons (Fsp3) is 0.400.